The van der Waals surface area contributed by atoms with Crippen molar-refractivity contribution in [3.05, 3.63) is 86.3 Å². The Morgan fingerprint density at radius 2 is 1.57 bits per heavy atom. The SMILES string of the molecule is CC(=O)c1ccc(O)c(CC=C(C)C)c1.COc1cc(O)c2c(=O)cc(C)oc2c1CC=C(C)C. The molecule has 0 radical (unpaired) electrons. The highest BCUT2D eigenvalue weighted by atomic mass is 16.5. The average Bonchev–Trinajstić information content (AvgIpc) is 2.77. The Kier molecular flexibility index (Phi) is 9.46. The van der Waals surface area contributed by atoms with E-state index >= 15 is 0 Å². The van der Waals surface area contributed by atoms with Crippen LogP contribution in [-0.4, -0.2) is 23.1 Å². The standard InChI is InChI=1S/C16H18O4.C13H16O2/c1-9(2)5-6-11-14(19-4)8-13(18)15-12(17)7-10(3)20-16(11)15;1-9(2)4-5-12-8-11(10(3)14)6-7-13(12)15/h5,7-8,18H,6H2,1-4H3;4,6-8,15H,5H2,1-3H3. The van der Waals surface area contributed by atoms with E-state index in [-0.39, 0.29) is 28.1 Å². The van der Waals surface area contributed by atoms with Crippen LogP contribution in [0, 0.1) is 6.92 Å². The van der Waals surface area contributed by atoms with Crippen molar-refractivity contribution in [3.8, 4) is 17.2 Å². The Labute approximate surface area is 206 Å². The van der Waals surface area contributed by atoms with E-state index in [9.17, 15) is 19.8 Å². The van der Waals surface area contributed by atoms with Crippen LogP contribution >= 0.6 is 0 Å². The number of phenolic OH excluding ortho intramolecular Hbond substituents is 2. The summed E-state index contributed by atoms with van der Waals surface area (Å²) in [5.74, 6) is 1.17. The zero-order chi connectivity index (χ0) is 26.3. The van der Waals surface area contributed by atoms with Gasteiger partial charge < -0.3 is 19.4 Å². The van der Waals surface area contributed by atoms with Gasteiger partial charge in [0.1, 0.15) is 34.0 Å². The summed E-state index contributed by atoms with van der Waals surface area (Å²) < 4.78 is 11.0. The fraction of sp³-hybridized carbons (Fsp3) is 0.310. The van der Waals surface area contributed by atoms with Gasteiger partial charge in [0.25, 0.3) is 0 Å². The number of carbonyl (C=O) groups excluding carboxylic acids is 1. The number of fused-ring (bicyclic) bond motifs is 1. The van der Waals surface area contributed by atoms with Crippen LogP contribution in [0.4, 0.5) is 0 Å². The molecule has 0 saturated carbocycles. The van der Waals surface area contributed by atoms with E-state index in [0.29, 0.717) is 35.5 Å². The van der Waals surface area contributed by atoms with Crippen molar-refractivity contribution in [2.75, 3.05) is 7.11 Å². The van der Waals surface area contributed by atoms with E-state index in [4.69, 9.17) is 9.15 Å². The predicted octanol–water partition coefficient (Wildman–Crippen LogP) is 6.43. The summed E-state index contributed by atoms with van der Waals surface area (Å²) in [7, 11) is 1.53. The lowest BCUT2D eigenvalue weighted by Gasteiger charge is -2.11. The molecular formula is C29H34O6. The summed E-state index contributed by atoms with van der Waals surface area (Å²) in [6, 6.07) is 7.80. The molecule has 0 aliphatic heterocycles. The quantitative estimate of drug-likeness (QED) is 0.313. The van der Waals surface area contributed by atoms with Gasteiger partial charge in [-0.15, -0.1) is 0 Å². The fourth-order valence-corrected chi connectivity index (χ4v) is 3.42. The van der Waals surface area contributed by atoms with E-state index in [0.717, 1.165) is 16.7 Å². The number of carbonyl (C=O) groups is 1. The summed E-state index contributed by atoms with van der Waals surface area (Å²) in [6.07, 6.45) is 5.29. The summed E-state index contributed by atoms with van der Waals surface area (Å²) in [6.45, 7) is 11.2. The third-order valence-corrected chi connectivity index (χ3v) is 5.32. The van der Waals surface area contributed by atoms with E-state index in [1.807, 2.05) is 39.8 Å². The van der Waals surface area contributed by atoms with Gasteiger partial charge in [-0.3, -0.25) is 9.59 Å². The normalized spacial score (nSPS) is 10.3. The van der Waals surface area contributed by atoms with Gasteiger partial charge in [0.05, 0.1) is 7.11 Å². The molecule has 3 aromatic rings. The van der Waals surface area contributed by atoms with Crippen LogP contribution in [0.5, 0.6) is 17.2 Å². The van der Waals surface area contributed by atoms with E-state index in [1.165, 1.54) is 31.7 Å². The van der Waals surface area contributed by atoms with Crippen molar-refractivity contribution >= 4 is 16.8 Å². The van der Waals surface area contributed by atoms with Crippen LogP contribution in [0.1, 0.15) is 61.9 Å². The van der Waals surface area contributed by atoms with Crippen LogP contribution in [0.15, 0.2) is 62.8 Å². The fourth-order valence-electron chi connectivity index (χ4n) is 3.42. The number of aromatic hydroxyl groups is 2. The van der Waals surface area contributed by atoms with Gasteiger partial charge in [0.15, 0.2) is 11.2 Å². The van der Waals surface area contributed by atoms with Crippen molar-refractivity contribution < 1.29 is 24.2 Å². The number of allylic oxidation sites excluding steroid dienone is 4. The molecule has 1 aromatic heterocycles. The third kappa shape index (κ3) is 7.34. The summed E-state index contributed by atoms with van der Waals surface area (Å²) in [5.41, 5.74) is 4.70. The van der Waals surface area contributed by atoms with Gasteiger partial charge in [-0.05, 0) is 78.1 Å². The smallest absolute Gasteiger partial charge is 0.196 e. The minimum Gasteiger partial charge on any atom is -0.508 e. The molecule has 6 nitrogen and oxygen atoms in total. The van der Waals surface area contributed by atoms with Crippen molar-refractivity contribution in [2.24, 2.45) is 0 Å². The molecule has 186 valence electrons. The zero-order valence-corrected chi connectivity index (χ0v) is 21.5. The molecule has 1 heterocycles. The molecule has 2 aromatic carbocycles. The van der Waals surface area contributed by atoms with Gasteiger partial charge in [-0.25, -0.2) is 0 Å². The zero-order valence-electron chi connectivity index (χ0n) is 21.5. The highest BCUT2D eigenvalue weighted by molar-refractivity contribution is 5.94. The number of methoxy groups -OCH3 is 1. The highest BCUT2D eigenvalue weighted by Gasteiger charge is 2.17. The summed E-state index contributed by atoms with van der Waals surface area (Å²) in [4.78, 5) is 23.2. The minimum atomic E-state index is -0.248. The van der Waals surface area contributed by atoms with E-state index in [2.05, 4.69) is 0 Å². The predicted molar refractivity (Wildman–Crippen MR) is 140 cm³/mol. The van der Waals surface area contributed by atoms with E-state index in [1.54, 1.807) is 25.1 Å². The maximum absolute atomic E-state index is 12.0. The van der Waals surface area contributed by atoms with E-state index < -0.39 is 0 Å². The van der Waals surface area contributed by atoms with Crippen molar-refractivity contribution in [1.29, 1.82) is 0 Å². The van der Waals surface area contributed by atoms with Gasteiger partial charge in [-0.1, -0.05) is 23.3 Å². The molecule has 3 rings (SSSR count). The Balaban J connectivity index is 0.000000258. The molecule has 0 spiro atoms. The van der Waals surface area contributed by atoms with Crippen molar-refractivity contribution in [2.45, 2.75) is 54.4 Å². The second kappa shape index (κ2) is 12.1. The van der Waals surface area contributed by atoms with Crippen LogP contribution in [0.3, 0.4) is 0 Å². The number of phenols is 2. The number of benzene rings is 2. The molecule has 0 atom stereocenters. The van der Waals surface area contributed by atoms with Crippen molar-refractivity contribution in [3.63, 3.8) is 0 Å². The molecule has 0 bridgehead atoms. The van der Waals surface area contributed by atoms with Gasteiger partial charge in [0, 0.05) is 23.3 Å². The largest absolute Gasteiger partial charge is 0.508 e. The highest BCUT2D eigenvalue weighted by Crippen LogP contribution is 2.34. The molecule has 0 amide bonds. The number of hydrogen-bond donors (Lipinski definition) is 2. The average molecular weight is 479 g/mol. The monoisotopic (exact) mass is 478 g/mol. The van der Waals surface area contributed by atoms with Gasteiger partial charge >= 0.3 is 0 Å². The van der Waals surface area contributed by atoms with Crippen LogP contribution in [-0.2, 0) is 12.8 Å². The number of rotatable bonds is 6. The first kappa shape index (κ1) is 27.4. The number of aryl methyl sites for hydroxylation is 1. The first-order chi connectivity index (χ1) is 16.4. The van der Waals surface area contributed by atoms with Crippen LogP contribution in [0.25, 0.3) is 11.0 Å². The Bertz CT molecular complexity index is 1330. The molecule has 2 N–H and O–H groups in total. The second-order valence-corrected chi connectivity index (χ2v) is 8.87. The first-order valence-corrected chi connectivity index (χ1v) is 11.4. The maximum Gasteiger partial charge on any atom is 0.196 e. The topological polar surface area (TPSA) is 97.0 Å². The molecule has 0 fully saturated rings. The molecule has 0 unspecified atom stereocenters. The number of hydrogen-bond acceptors (Lipinski definition) is 6. The van der Waals surface area contributed by atoms with Crippen LogP contribution < -0.4 is 10.2 Å². The summed E-state index contributed by atoms with van der Waals surface area (Å²) >= 11 is 0. The molecule has 6 heteroatoms. The first-order valence-electron chi connectivity index (χ1n) is 11.4. The Morgan fingerprint density at radius 1 is 0.943 bits per heavy atom. The maximum atomic E-state index is 12.0. The Hall–Kier alpha value is -3.80. The molecular weight excluding hydrogens is 444 g/mol. The second-order valence-electron chi connectivity index (χ2n) is 8.87. The van der Waals surface area contributed by atoms with Gasteiger partial charge in [0.2, 0.25) is 0 Å². The Morgan fingerprint density at radius 3 is 2.14 bits per heavy atom. The summed E-state index contributed by atoms with van der Waals surface area (Å²) in [5, 5.41) is 19.8. The minimum absolute atomic E-state index is 0.0217. The number of ketones is 1. The van der Waals surface area contributed by atoms with Crippen molar-refractivity contribution in [1.82, 2.24) is 0 Å². The van der Waals surface area contributed by atoms with Crippen LogP contribution in [0.2, 0.25) is 0 Å². The molecule has 0 aliphatic carbocycles. The molecule has 0 saturated heterocycles. The lowest BCUT2D eigenvalue weighted by molar-refractivity contribution is 0.101. The molecule has 0 aliphatic rings. The third-order valence-electron chi connectivity index (χ3n) is 5.32. The lowest BCUT2D eigenvalue weighted by Crippen LogP contribution is -2.04. The number of Topliss-reactive ketones (excluding diaryl/α,β-unsaturated/α-hetero) is 1. The number of ether oxygens (including phenoxy) is 1. The van der Waals surface area contributed by atoms with Gasteiger partial charge in [-0.2, -0.15) is 0 Å². The molecule has 35 heavy (non-hydrogen) atoms. The lowest BCUT2D eigenvalue weighted by atomic mass is 10.0.